The lowest BCUT2D eigenvalue weighted by atomic mass is 9.95. The quantitative estimate of drug-likeness (QED) is 0.724. The summed E-state index contributed by atoms with van der Waals surface area (Å²) in [5, 5.41) is 10.4. The molecular formula is C19H21ClN4O2. The number of aromatic nitrogens is 2. The van der Waals surface area contributed by atoms with E-state index in [1.54, 1.807) is 24.3 Å². The third-order valence-corrected chi connectivity index (χ3v) is 4.69. The zero-order valence-corrected chi connectivity index (χ0v) is 15.1. The van der Waals surface area contributed by atoms with Crippen LogP contribution in [0, 0.1) is 0 Å². The number of primary amides is 1. The molecular weight excluding hydrogens is 352 g/mol. The van der Waals surface area contributed by atoms with E-state index in [9.17, 15) is 9.59 Å². The number of hydrogen-bond donors (Lipinski definition) is 3. The summed E-state index contributed by atoms with van der Waals surface area (Å²) in [6.45, 7) is 0. The fraction of sp³-hybridized carbons (Fsp3) is 0.316. The minimum absolute atomic E-state index is 0.0119. The molecule has 0 spiro atoms. The van der Waals surface area contributed by atoms with Gasteiger partial charge in [-0.3, -0.25) is 14.7 Å². The number of hydrogen-bond acceptors (Lipinski definition) is 3. The minimum atomic E-state index is -0.554. The maximum Gasteiger partial charge on any atom is 0.255 e. The summed E-state index contributed by atoms with van der Waals surface area (Å²) in [6.07, 6.45) is 7.82. The van der Waals surface area contributed by atoms with Crippen molar-refractivity contribution >= 4 is 29.0 Å². The lowest BCUT2D eigenvalue weighted by molar-refractivity contribution is -0.118. The van der Waals surface area contributed by atoms with Crippen LogP contribution in [-0.4, -0.2) is 22.0 Å². The van der Waals surface area contributed by atoms with Gasteiger partial charge in [-0.2, -0.15) is 5.10 Å². The van der Waals surface area contributed by atoms with Crippen LogP contribution in [0.3, 0.4) is 0 Å². The smallest absolute Gasteiger partial charge is 0.255 e. The number of nitrogens with two attached hydrogens (primary N) is 1. The van der Waals surface area contributed by atoms with Crippen molar-refractivity contribution in [2.24, 2.45) is 5.73 Å². The number of carbonyl (C=O) groups is 2. The first-order valence-electron chi connectivity index (χ1n) is 8.62. The molecule has 7 heteroatoms. The minimum Gasteiger partial charge on any atom is -0.370 e. The molecule has 1 aromatic carbocycles. The van der Waals surface area contributed by atoms with E-state index in [-0.39, 0.29) is 12.3 Å². The maximum absolute atomic E-state index is 12.8. The molecule has 2 aromatic rings. The number of benzene rings is 1. The Balaban J connectivity index is 1.83. The molecule has 136 valence electrons. The Kier molecular flexibility index (Phi) is 5.73. The van der Waals surface area contributed by atoms with Gasteiger partial charge in [-0.25, -0.2) is 0 Å². The van der Waals surface area contributed by atoms with Crippen molar-refractivity contribution in [3.63, 3.8) is 0 Å². The molecule has 0 bridgehead atoms. The lowest BCUT2D eigenvalue weighted by Gasteiger charge is -2.19. The van der Waals surface area contributed by atoms with E-state index in [0.29, 0.717) is 10.6 Å². The number of nitrogens with zero attached hydrogens (tertiary/aromatic N) is 1. The van der Waals surface area contributed by atoms with Gasteiger partial charge in [0, 0.05) is 5.02 Å². The van der Waals surface area contributed by atoms with E-state index < -0.39 is 11.9 Å². The molecule has 1 aromatic heterocycles. The SMILES string of the molecule is NC(=O)C[C@H](NC(=O)c1cn[nH]c1C1=CCCCC1)c1cccc(Cl)c1. The fourth-order valence-corrected chi connectivity index (χ4v) is 3.38. The Bertz CT molecular complexity index is 844. The molecule has 1 aliphatic carbocycles. The second-order valence-electron chi connectivity index (χ2n) is 6.39. The van der Waals surface area contributed by atoms with Crippen LogP contribution in [0.25, 0.3) is 5.57 Å². The predicted octanol–water partition coefficient (Wildman–Crippen LogP) is 3.37. The highest BCUT2D eigenvalue weighted by Crippen LogP contribution is 2.28. The van der Waals surface area contributed by atoms with Gasteiger partial charge in [0.1, 0.15) is 0 Å². The molecule has 26 heavy (non-hydrogen) atoms. The van der Waals surface area contributed by atoms with Crippen molar-refractivity contribution < 1.29 is 9.59 Å². The van der Waals surface area contributed by atoms with Crippen molar-refractivity contribution in [1.29, 1.82) is 0 Å². The normalized spacial score (nSPS) is 15.2. The van der Waals surface area contributed by atoms with Crippen LogP contribution < -0.4 is 11.1 Å². The molecule has 4 N–H and O–H groups in total. The number of amides is 2. The molecule has 1 heterocycles. The van der Waals surface area contributed by atoms with Gasteiger partial charge in [0.25, 0.3) is 5.91 Å². The summed E-state index contributed by atoms with van der Waals surface area (Å²) in [5.74, 6) is -0.802. The van der Waals surface area contributed by atoms with Crippen LogP contribution in [0.1, 0.15) is 59.8 Å². The summed E-state index contributed by atoms with van der Waals surface area (Å²) >= 11 is 6.04. The second-order valence-corrected chi connectivity index (χ2v) is 6.82. The van der Waals surface area contributed by atoms with Crippen LogP contribution in [-0.2, 0) is 4.79 Å². The molecule has 0 saturated carbocycles. The number of aromatic amines is 1. The van der Waals surface area contributed by atoms with Crippen molar-refractivity contribution in [3.05, 3.63) is 58.4 Å². The Labute approximate surface area is 156 Å². The van der Waals surface area contributed by atoms with E-state index in [0.717, 1.165) is 42.5 Å². The first-order chi connectivity index (χ1) is 12.5. The Morgan fingerprint density at radius 3 is 2.88 bits per heavy atom. The van der Waals surface area contributed by atoms with Crippen LogP contribution >= 0.6 is 11.6 Å². The Morgan fingerprint density at radius 1 is 1.35 bits per heavy atom. The zero-order chi connectivity index (χ0) is 18.5. The maximum atomic E-state index is 12.8. The monoisotopic (exact) mass is 372 g/mol. The second kappa shape index (κ2) is 8.19. The standard InChI is InChI=1S/C19H21ClN4O2/c20-14-8-4-7-13(9-14)16(10-17(21)25)23-19(26)15-11-22-24-18(15)12-5-2-1-3-6-12/h4-5,7-9,11,16H,1-3,6,10H2,(H2,21,25)(H,22,24)(H,23,26)/t16-/m0/s1. The third-order valence-electron chi connectivity index (χ3n) is 4.46. The van der Waals surface area contributed by atoms with Gasteiger partial charge >= 0.3 is 0 Å². The molecule has 2 amide bonds. The predicted molar refractivity (Wildman–Crippen MR) is 101 cm³/mol. The van der Waals surface area contributed by atoms with E-state index >= 15 is 0 Å². The van der Waals surface area contributed by atoms with Crippen molar-refractivity contribution in [1.82, 2.24) is 15.5 Å². The number of allylic oxidation sites excluding steroid dienone is 2. The molecule has 1 atom stereocenters. The average molecular weight is 373 g/mol. The molecule has 6 nitrogen and oxygen atoms in total. The highest BCUT2D eigenvalue weighted by atomic mass is 35.5. The molecule has 0 saturated heterocycles. The van der Waals surface area contributed by atoms with Gasteiger partial charge in [-0.1, -0.05) is 29.8 Å². The number of halogens is 1. The number of carbonyl (C=O) groups excluding carboxylic acids is 2. The fourth-order valence-electron chi connectivity index (χ4n) is 3.18. The third kappa shape index (κ3) is 4.32. The Hall–Kier alpha value is -2.60. The number of H-pyrrole nitrogens is 1. The molecule has 0 unspecified atom stereocenters. The molecule has 0 radical (unpaired) electrons. The largest absolute Gasteiger partial charge is 0.370 e. The molecule has 0 aliphatic heterocycles. The summed E-state index contributed by atoms with van der Waals surface area (Å²) in [5.41, 5.74) is 8.40. The van der Waals surface area contributed by atoms with E-state index in [1.165, 1.54) is 6.20 Å². The van der Waals surface area contributed by atoms with Gasteiger partial charge in [-0.05, 0) is 49.0 Å². The Morgan fingerprint density at radius 2 is 2.19 bits per heavy atom. The summed E-state index contributed by atoms with van der Waals surface area (Å²) in [7, 11) is 0. The van der Waals surface area contributed by atoms with Crippen LogP contribution in [0.15, 0.2) is 36.5 Å². The van der Waals surface area contributed by atoms with Crippen LogP contribution in [0.4, 0.5) is 0 Å². The average Bonchev–Trinajstić information content (AvgIpc) is 3.11. The topological polar surface area (TPSA) is 101 Å². The summed E-state index contributed by atoms with van der Waals surface area (Å²) in [4.78, 5) is 24.3. The van der Waals surface area contributed by atoms with Crippen LogP contribution in [0.2, 0.25) is 5.02 Å². The van der Waals surface area contributed by atoms with E-state index in [1.807, 2.05) is 0 Å². The first kappa shape index (κ1) is 18.2. The highest BCUT2D eigenvalue weighted by molar-refractivity contribution is 6.30. The highest BCUT2D eigenvalue weighted by Gasteiger charge is 2.22. The van der Waals surface area contributed by atoms with E-state index in [2.05, 4.69) is 21.6 Å². The van der Waals surface area contributed by atoms with Gasteiger partial charge in [0.15, 0.2) is 0 Å². The molecule has 1 aliphatic rings. The van der Waals surface area contributed by atoms with E-state index in [4.69, 9.17) is 17.3 Å². The lowest BCUT2D eigenvalue weighted by Crippen LogP contribution is -2.32. The zero-order valence-electron chi connectivity index (χ0n) is 14.3. The van der Waals surface area contributed by atoms with Crippen molar-refractivity contribution in [2.75, 3.05) is 0 Å². The van der Waals surface area contributed by atoms with Crippen molar-refractivity contribution in [2.45, 2.75) is 38.1 Å². The summed E-state index contributed by atoms with van der Waals surface area (Å²) < 4.78 is 0. The first-order valence-corrected chi connectivity index (χ1v) is 9.00. The van der Waals surface area contributed by atoms with Gasteiger partial charge in [-0.15, -0.1) is 0 Å². The summed E-state index contributed by atoms with van der Waals surface area (Å²) in [6, 6.07) is 6.47. The molecule has 0 fully saturated rings. The van der Waals surface area contributed by atoms with Gasteiger partial charge in [0.2, 0.25) is 5.91 Å². The molecule has 3 rings (SSSR count). The van der Waals surface area contributed by atoms with Crippen molar-refractivity contribution in [3.8, 4) is 0 Å². The number of rotatable bonds is 6. The van der Waals surface area contributed by atoms with Gasteiger partial charge in [0.05, 0.1) is 29.9 Å². The number of nitrogens with one attached hydrogen (secondary N) is 2. The van der Waals surface area contributed by atoms with Gasteiger partial charge < -0.3 is 11.1 Å². The van der Waals surface area contributed by atoms with Crippen LogP contribution in [0.5, 0.6) is 0 Å².